The van der Waals surface area contributed by atoms with E-state index in [0.717, 1.165) is 12.0 Å². The van der Waals surface area contributed by atoms with Crippen molar-refractivity contribution in [2.75, 3.05) is 31.3 Å². The van der Waals surface area contributed by atoms with Gasteiger partial charge in [0, 0.05) is 13.6 Å². The molecule has 1 heterocycles. The molecule has 0 atom stereocenters. The third-order valence-electron chi connectivity index (χ3n) is 2.18. The fourth-order valence-electron chi connectivity index (χ4n) is 1.25. The van der Waals surface area contributed by atoms with Crippen LogP contribution in [0.4, 0.5) is 24.9 Å². The molecule has 0 aliphatic carbocycles. The molecular formula is C9H12F3N3O3. The van der Waals surface area contributed by atoms with Crippen molar-refractivity contribution >= 4 is 17.7 Å². The summed E-state index contributed by atoms with van der Waals surface area (Å²) in [7, 11) is 2.46. The summed E-state index contributed by atoms with van der Waals surface area (Å²) in [6.07, 6.45) is -5.34. The molecule has 2 N–H and O–H groups in total. The molecule has 0 aromatic carbocycles. The van der Waals surface area contributed by atoms with E-state index in [0.29, 0.717) is 0 Å². The summed E-state index contributed by atoms with van der Waals surface area (Å²) < 4.78 is 45.2. The van der Waals surface area contributed by atoms with Crippen molar-refractivity contribution in [2.24, 2.45) is 0 Å². The smallest absolute Gasteiger partial charge is 0.390 e. The lowest BCUT2D eigenvalue weighted by molar-refractivity contribution is -0.132. The number of methoxy groups -OCH3 is 1. The molecule has 0 amide bonds. The van der Waals surface area contributed by atoms with E-state index in [1.165, 1.54) is 7.05 Å². The fourth-order valence-corrected chi connectivity index (χ4v) is 1.25. The zero-order chi connectivity index (χ0) is 13.9. The number of nitrogen functional groups attached to an aromatic ring is 1. The van der Waals surface area contributed by atoms with Gasteiger partial charge in [0.05, 0.1) is 13.5 Å². The van der Waals surface area contributed by atoms with Crippen molar-refractivity contribution in [3.63, 3.8) is 0 Å². The van der Waals surface area contributed by atoms with Crippen molar-refractivity contribution in [3.8, 4) is 0 Å². The lowest BCUT2D eigenvalue weighted by Crippen LogP contribution is -2.26. The molecule has 1 aromatic rings. The second kappa shape index (κ2) is 5.15. The number of alkyl halides is 3. The lowest BCUT2D eigenvalue weighted by Gasteiger charge is -2.17. The van der Waals surface area contributed by atoms with Crippen molar-refractivity contribution in [2.45, 2.75) is 12.6 Å². The summed E-state index contributed by atoms with van der Waals surface area (Å²) in [4.78, 5) is 12.5. The Labute approximate surface area is 100 Å². The number of hydrogen-bond acceptors (Lipinski definition) is 6. The van der Waals surface area contributed by atoms with Gasteiger partial charge in [0.2, 0.25) is 5.88 Å². The number of ether oxygens (including phenoxy) is 1. The first-order valence-corrected chi connectivity index (χ1v) is 4.87. The molecule has 0 spiro atoms. The number of carbonyl (C=O) groups is 1. The van der Waals surface area contributed by atoms with Crippen molar-refractivity contribution in [1.82, 2.24) is 5.16 Å². The first-order valence-electron chi connectivity index (χ1n) is 4.87. The molecule has 0 unspecified atom stereocenters. The maximum absolute atomic E-state index is 12.1. The predicted molar refractivity (Wildman–Crippen MR) is 56.2 cm³/mol. The Kier molecular flexibility index (Phi) is 4.04. The van der Waals surface area contributed by atoms with Crippen LogP contribution in [0.25, 0.3) is 0 Å². The van der Waals surface area contributed by atoms with E-state index in [1.54, 1.807) is 0 Å². The lowest BCUT2D eigenvalue weighted by atomic mass is 10.3. The highest BCUT2D eigenvalue weighted by atomic mass is 19.4. The van der Waals surface area contributed by atoms with E-state index in [-0.39, 0.29) is 23.8 Å². The summed E-state index contributed by atoms with van der Waals surface area (Å²) in [5.74, 6) is -1.19. The molecule has 9 heteroatoms. The van der Waals surface area contributed by atoms with E-state index in [1.807, 2.05) is 0 Å². The Bertz CT molecular complexity index is 430. The van der Waals surface area contributed by atoms with E-state index in [4.69, 9.17) is 5.73 Å². The Balaban J connectivity index is 2.86. The van der Waals surface area contributed by atoms with Gasteiger partial charge in [-0.05, 0) is 0 Å². The Morgan fingerprint density at radius 3 is 2.67 bits per heavy atom. The third-order valence-corrected chi connectivity index (χ3v) is 2.18. The maximum atomic E-state index is 12.1. The highest BCUT2D eigenvalue weighted by molar-refractivity contribution is 5.99. The van der Waals surface area contributed by atoms with Crippen LogP contribution in [0.15, 0.2) is 4.52 Å². The second-order valence-electron chi connectivity index (χ2n) is 3.52. The molecule has 6 nitrogen and oxygen atoms in total. The van der Waals surface area contributed by atoms with Crippen LogP contribution >= 0.6 is 0 Å². The monoisotopic (exact) mass is 267 g/mol. The van der Waals surface area contributed by atoms with Gasteiger partial charge in [0.1, 0.15) is 0 Å². The van der Waals surface area contributed by atoms with Gasteiger partial charge in [-0.3, -0.25) is 0 Å². The van der Waals surface area contributed by atoms with E-state index in [9.17, 15) is 18.0 Å². The summed E-state index contributed by atoms with van der Waals surface area (Å²) in [6.45, 7) is -0.376. The maximum Gasteiger partial charge on any atom is 0.390 e. The van der Waals surface area contributed by atoms with Crippen LogP contribution in [0.5, 0.6) is 0 Å². The Morgan fingerprint density at radius 2 is 2.17 bits per heavy atom. The summed E-state index contributed by atoms with van der Waals surface area (Å²) in [6, 6.07) is 0. The number of rotatable bonds is 4. The summed E-state index contributed by atoms with van der Waals surface area (Å²) in [5.41, 5.74) is 5.18. The van der Waals surface area contributed by atoms with E-state index in [2.05, 4.69) is 14.4 Å². The fraction of sp³-hybridized carbons (Fsp3) is 0.556. The third kappa shape index (κ3) is 3.28. The number of esters is 1. The first-order chi connectivity index (χ1) is 8.26. The molecule has 1 aromatic heterocycles. The Morgan fingerprint density at radius 1 is 1.56 bits per heavy atom. The van der Waals surface area contributed by atoms with Crippen molar-refractivity contribution in [3.05, 3.63) is 5.56 Å². The SMILES string of the molecule is COC(=O)c1c(N(C)CCC(F)(F)F)noc1N. The minimum absolute atomic E-state index is 0.0800. The number of nitrogens with two attached hydrogens (primary N) is 1. The summed E-state index contributed by atoms with van der Waals surface area (Å²) >= 11 is 0. The molecule has 102 valence electrons. The number of anilines is 2. The van der Waals surface area contributed by atoms with Crippen LogP contribution in [0.1, 0.15) is 16.8 Å². The van der Waals surface area contributed by atoms with Gasteiger partial charge in [0.15, 0.2) is 11.4 Å². The van der Waals surface area contributed by atoms with Gasteiger partial charge in [-0.25, -0.2) is 4.79 Å². The van der Waals surface area contributed by atoms with E-state index >= 15 is 0 Å². The number of halogens is 3. The van der Waals surface area contributed by atoms with Gasteiger partial charge in [0.25, 0.3) is 0 Å². The highest BCUT2D eigenvalue weighted by Crippen LogP contribution is 2.27. The molecule has 0 saturated heterocycles. The zero-order valence-electron chi connectivity index (χ0n) is 9.74. The van der Waals surface area contributed by atoms with Crippen molar-refractivity contribution < 1.29 is 27.2 Å². The summed E-state index contributed by atoms with van der Waals surface area (Å²) in [5, 5.41) is 3.44. The molecule has 1 rings (SSSR count). The molecule has 0 fully saturated rings. The van der Waals surface area contributed by atoms with Crippen LogP contribution in [-0.2, 0) is 4.74 Å². The number of nitrogens with zero attached hydrogens (tertiary/aromatic N) is 2. The van der Waals surface area contributed by atoms with Gasteiger partial charge in [-0.1, -0.05) is 5.16 Å². The predicted octanol–water partition coefficient (Wildman–Crippen LogP) is 1.43. The molecule has 0 bridgehead atoms. The quantitative estimate of drug-likeness (QED) is 0.831. The molecule has 0 aliphatic rings. The van der Waals surface area contributed by atoms with Crippen LogP contribution in [0, 0.1) is 0 Å². The first kappa shape index (κ1) is 14.1. The average Bonchev–Trinajstić information content (AvgIpc) is 2.66. The highest BCUT2D eigenvalue weighted by Gasteiger charge is 2.30. The molecule has 18 heavy (non-hydrogen) atoms. The van der Waals surface area contributed by atoms with Crippen molar-refractivity contribution in [1.29, 1.82) is 0 Å². The number of aromatic nitrogens is 1. The van der Waals surface area contributed by atoms with Crippen LogP contribution in [-0.4, -0.2) is 38.0 Å². The van der Waals surface area contributed by atoms with E-state index < -0.39 is 18.6 Å². The number of carbonyl (C=O) groups excluding carboxylic acids is 1. The van der Waals surface area contributed by atoms with Crippen LogP contribution < -0.4 is 10.6 Å². The van der Waals surface area contributed by atoms with Crippen LogP contribution in [0.2, 0.25) is 0 Å². The van der Waals surface area contributed by atoms with Gasteiger partial charge in [-0.15, -0.1) is 0 Å². The molecular weight excluding hydrogens is 255 g/mol. The minimum Gasteiger partial charge on any atom is -0.465 e. The largest absolute Gasteiger partial charge is 0.465 e. The second-order valence-corrected chi connectivity index (χ2v) is 3.52. The van der Waals surface area contributed by atoms with Gasteiger partial charge in [-0.2, -0.15) is 13.2 Å². The normalized spacial score (nSPS) is 11.4. The number of hydrogen-bond donors (Lipinski definition) is 1. The topological polar surface area (TPSA) is 81.6 Å². The molecule has 0 radical (unpaired) electrons. The van der Waals surface area contributed by atoms with Gasteiger partial charge < -0.3 is 19.9 Å². The zero-order valence-corrected chi connectivity index (χ0v) is 9.74. The average molecular weight is 267 g/mol. The molecule has 0 saturated carbocycles. The van der Waals surface area contributed by atoms with Gasteiger partial charge >= 0.3 is 12.1 Å². The minimum atomic E-state index is -4.30. The Hall–Kier alpha value is -1.93. The standard InChI is InChI=1S/C9H12F3N3O3/c1-15(4-3-9(10,11)12)7-5(8(16)17-2)6(13)18-14-7/h3-4,13H2,1-2H3. The molecule has 0 aliphatic heterocycles. The van der Waals surface area contributed by atoms with Crippen LogP contribution in [0.3, 0.4) is 0 Å².